The number of carbonyl (C=O) groups excluding carboxylic acids is 1. The first-order chi connectivity index (χ1) is 10.1. The van der Waals surface area contributed by atoms with E-state index in [-0.39, 0.29) is 18.0 Å². The van der Waals surface area contributed by atoms with Crippen LogP contribution < -0.4 is 5.73 Å². The fourth-order valence-electron chi connectivity index (χ4n) is 3.13. The number of aromatic amines is 1. The second-order valence-corrected chi connectivity index (χ2v) is 5.94. The second-order valence-electron chi connectivity index (χ2n) is 5.94. The summed E-state index contributed by atoms with van der Waals surface area (Å²) in [6.07, 6.45) is 5.79. The van der Waals surface area contributed by atoms with E-state index in [1.54, 1.807) is 6.07 Å². The first-order valence-electron chi connectivity index (χ1n) is 7.49. The molecule has 1 amide bonds. The Hall–Kier alpha value is -2.17. The molecule has 0 saturated carbocycles. The number of anilines is 1. The lowest BCUT2D eigenvalue weighted by atomic mass is 10.1. The van der Waals surface area contributed by atoms with E-state index in [9.17, 15) is 4.79 Å². The van der Waals surface area contributed by atoms with Crippen LogP contribution in [-0.2, 0) is 0 Å². The highest BCUT2D eigenvalue weighted by molar-refractivity contribution is 5.94. The summed E-state index contributed by atoms with van der Waals surface area (Å²) in [6.45, 7) is 4.91. The maximum Gasteiger partial charge on any atom is 0.271 e. The van der Waals surface area contributed by atoms with Crippen LogP contribution in [0.5, 0.6) is 0 Å². The first-order valence-corrected chi connectivity index (χ1v) is 7.49. The SMILES string of the molecule is CC(C)n1cc(N)cc1C(=O)N1CCCC1c1ccc[nH]1. The zero-order chi connectivity index (χ0) is 15.0. The van der Waals surface area contributed by atoms with Gasteiger partial charge in [-0.25, -0.2) is 0 Å². The number of nitrogens with two attached hydrogens (primary N) is 1. The number of likely N-dealkylation sites (tertiary alicyclic amines) is 1. The predicted octanol–water partition coefficient (Wildman–Crippen LogP) is 2.96. The van der Waals surface area contributed by atoms with E-state index < -0.39 is 0 Å². The van der Waals surface area contributed by atoms with Gasteiger partial charge in [0, 0.05) is 30.7 Å². The third kappa shape index (κ3) is 2.44. The minimum Gasteiger partial charge on any atom is -0.397 e. The lowest BCUT2D eigenvalue weighted by Gasteiger charge is -2.25. The number of nitrogens with zero attached hydrogens (tertiary/aromatic N) is 2. The molecule has 1 saturated heterocycles. The molecule has 5 nitrogen and oxygen atoms in total. The van der Waals surface area contributed by atoms with E-state index in [0.717, 1.165) is 25.1 Å². The Bertz CT molecular complexity index is 627. The number of aromatic nitrogens is 2. The van der Waals surface area contributed by atoms with Gasteiger partial charge in [-0.1, -0.05) is 0 Å². The molecule has 1 aliphatic heterocycles. The number of nitrogen functional groups attached to an aromatic ring is 1. The maximum atomic E-state index is 12.9. The van der Waals surface area contributed by atoms with Gasteiger partial charge in [0.1, 0.15) is 5.69 Å². The van der Waals surface area contributed by atoms with Crippen LogP contribution in [0.2, 0.25) is 0 Å². The highest BCUT2D eigenvalue weighted by Crippen LogP contribution is 2.33. The quantitative estimate of drug-likeness (QED) is 0.911. The van der Waals surface area contributed by atoms with Gasteiger partial charge in [0.2, 0.25) is 0 Å². The summed E-state index contributed by atoms with van der Waals surface area (Å²) in [6, 6.07) is 6.17. The van der Waals surface area contributed by atoms with Crippen molar-refractivity contribution < 1.29 is 4.79 Å². The summed E-state index contributed by atoms with van der Waals surface area (Å²) >= 11 is 0. The molecule has 3 N–H and O–H groups in total. The average molecular weight is 286 g/mol. The molecule has 2 aromatic heterocycles. The second kappa shape index (κ2) is 5.31. The standard InChI is InChI=1S/C16H22N4O/c1-11(2)20-10-12(17)9-15(20)16(21)19-8-4-6-14(19)13-5-3-7-18-13/h3,5,7,9-11,14,18H,4,6,8,17H2,1-2H3. The highest BCUT2D eigenvalue weighted by Gasteiger charge is 2.32. The fourth-order valence-corrected chi connectivity index (χ4v) is 3.13. The number of H-pyrrole nitrogens is 1. The summed E-state index contributed by atoms with van der Waals surface area (Å²) < 4.78 is 1.96. The molecule has 1 unspecified atom stereocenters. The average Bonchev–Trinajstić information content (AvgIpc) is 3.17. The summed E-state index contributed by atoms with van der Waals surface area (Å²) in [5.41, 5.74) is 8.32. The third-order valence-electron chi connectivity index (χ3n) is 4.14. The molecule has 1 aliphatic rings. The van der Waals surface area contributed by atoms with Crippen LogP contribution in [-0.4, -0.2) is 26.9 Å². The summed E-state index contributed by atoms with van der Waals surface area (Å²) in [5, 5.41) is 0. The molecule has 0 aromatic carbocycles. The zero-order valence-corrected chi connectivity index (χ0v) is 12.5. The van der Waals surface area contributed by atoms with Gasteiger partial charge in [0.15, 0.2) is 0 Å². The van der Waals surface area contributed by atoms with Gasteiger partial charge in [-0.2, -0.15) is 0 Å². The van der Waals surface area contributed by atoms with Crippen molar-refractivity contribution in [3.8, 4) is 0 Å². The zero-order valence-electron chi connectivity index (χ0n) is 12.5. The van der Waals surface area contributed by atoms with Gasteiger partial charge < -0.3 is 20.2 Å². The molecule has 3 rings (SSSR count). The first kappa shape index (κ1) is 13.8. The molecule has 1 fully saturated rings. The maximum absolute atomic E-state index is 12.9. The Morgan fingerprint density at radius 2 is 2.29 bits per heavy atom. The van der Waals surface area contributed by atoms with Gasteiger partial charge in [-0.3, -0.25) is 4.79 Å². The number of amides is 1. The molecule has 0 aliphatic carbocycles. The minimum absolute atomic E-state index is 0.0671. The Morgan fingerprint density at radius 1 is 1.48 bits per heavy atom. The number of carbonyl (C=O) groups is 1. The van der Waals surface area contributed by atoms with Gasteiger partial charge >= 0.3 is 0 Å². The van der Waals surface area contributed by atoms with Crippen LogP contribution in [0.25, 0.3) is 0 Å². The monoisotopic (exact) mass is 286 g/mol. The molecule has 0 spiro atoms. The Kier molecular flexibility index (Phi) is 3.49. The van der Waals surface area contributed by atoms with Crippen molar-refractivity contribution in [3.05, 3.63) is 42.0 Å². The van der Waals surface area contributed by atoms with Crippen LogP contribution in [0.4, 0.5) is 5.69 Å². The molecule has 3 heterocycles. The fraction of sp³-hybridized carbons (Fsp3) is 0.438. The lowest BCUT2D eigenvalue weighted by Crippen LogP contribution is -2.32. The van der Waals surface area contributed by atoms with E-state index in [0.29, 0.717) is 11.4 Å². The van der Waals surface area contributed by atoms with Gasteiger partial charge in [-0.05, 0) is 44.9 Å². The van der Waals surface area contributed by atoms with Gasteiger partial charge in [0.25, 0.3) is 5.91 Å². The molecule has 2 aromatic rings. The smallest absolute Gasteiger partial charge is 0.271 e. The molecular formula is C16H22N4O. The van der Waals surface area contributed by atoms with E-state index >= 15 is 0 Å². The van der Waals surface area contributed by atoms with Crippen molar-refractivity contribution in [2.45, 2.75) is 38.8 Å². The topological polar surface area (TPSA) is 67.0 Å². The van der Waals surface area contributed by atoms with Gasteiger partial charge in [-0.15, -0.1) is 0 Å². The third-order valence-corrected chi connectivity index (χ3v) is 4.14. The summed E-state index contributed by atoms with van der Waals surface area (Å²) in [7, 11) is 0. The molecule has 21 heavy (non-hydrogen) atoms. The molecule has 0 radical (unpaired) electrons. The molecular weight excluding hydrogens is 264 g/mol. The van der Waals surface area contributed by atoms with Crippen LogP contribution >= 0.6 is 0 Å². The van der Waals surface area contributed by atoms with Crippen molar-refractivity contribution in [3.63, 3.8) is 0 Å². The summed E-state index contributed by atoms with van der Waals surface area (Å²) in [4.78, 5) is 18.1. The molecule has 5 heteroatoms. The Morgan fingerprint density at radius 3 is 2.95 bits per heavy atom. The van der Waals surface area contributed by atoms with Crippen LogP contribution in [0.3, 0.4) is 0 Å². The highest BCUT2D eigenvalue weighted by atomic mass is 16.2. The Balaban J connectivity index is 1.91. The number of hydrogen-bond acceptors (Lipinski definition) is 2. The van der Waals surface area contributed by atoms with Crippen LogP contribution in [0.15, 0.2) is 30.6 Å². The van der Waals surface area contributed by atoms with Crippen molar-refractivity contribution in [1.29, 1.82) is 0 Å². The molecule has 1 atom stereocenters. The van der Waals surface area contributed by atoms with E-state index in [4.69, 9.17) is 5.73 Å². The van der Waals surface area contributed by atoms with Crippen LogP contribution in [0.1, 0.15) is 55.0 Å². The minimum atomic E-state index is 0.0671. The molecule has 112 valence electrons. The van der Waals surface area contributed by atoms with Crippen LogP contribution in [0, 0.1) is 0 Å². The van der Waals surface area contributed by atoms with E-state index in [1.807, 2.05) is 34.0 Å². The largest absolute Gasteiger partial charge is 0.397 e. The normalized spacial score (nSPS) is 18.6. The number of nitrogens with one attached hydrogen (secondary N) is 1. The van der Waals surface area contributed by atoms with Crippen molar-refractivity contribution in [2.24, 2.45) is 0 Å². The molecule has 0 bridgehead atoms. The van der Waals surface area contributed by atoms with Crippen molar-refractivity contribution in [2.75, 3.05) is 12.3 Å². The van der Waals surface area contributed by atoms with E-state index in [2.05, 4.69) is 18.8 Å². The van der Waals surface area contributed by atoms with Gasteiger partial charge in [0.05, 0.1) is 11.7 Å². The summed E-state index contributed by atoms with van der Waals surface area (Å²) in [5.74, 6) is 0.0671. The van der Waals surface area contributed by atoms with E-state index in [1.165, 1.54) is 0 Å². The van der Waals surface area contributed by atoms with Crippen molar-refractivity contribution >= 4 is 11.6 Å². The lowest BCUT2D eigenvalue weighted by molar-refractivity contribution is 0.0720. The van der Waals surface area contributed by atoms with Crippen molar-refractivity contribution in [1.82, 2.24) is 14.5 Å². The number of rotatable bonds is 3. The number of hydrogen-bond donors (Lipinski definition) is 2. The Labute approximate surface area is 124 Å². The predicted molar refractivity (Wildman–Crippen MR) is 83.0 cm³/mol.